The Morgan fingerprint density at radius 2 is 1.57 bits per heavy atom. The first-order valence-corrected chi connectivity index (χ1v) is 8.99. The van der Waals surface area contributed by atoms with E-state index in [9.17, 15) is 27.2 Å². The van der Waals surface area contributed by atoms with E-state index in [1.165, 1.54) is 12.1 Å². The number of alkyl halides is 3. The molecule has 28 heavy (non-hydrogen) atoms. The zero-order chi connectivity index (χ0) is 20.3. The highest BCUT2D eigenvalue weighted by Gasteiger charge is 2.30. The van der Waals surface area contributed by atoms with Crippen molar-refractivity contribution in [3.8, 4) is 0 Å². The molecule has 4 nitrogen and oxygen atoms in total. The van der Waals surface area contributed by atoms with Gasteiger partial charge in [-0.25, -0.2) is 4.39 Å². The van der Waals surface area contributed by atoms with Crippen LogP contribution in [0.3, 0.4) is 0 Å². The van der Waals surface area contributed by atoms with E-state index in [0.717, 1.165) is 35.6 Å². The first-order valence-electron chi connectivity index (χ1n) is 8.17. The van der Waals surface area contributed by atoms with Crippen molar-refractivity contribution in [2.24, 2.45) is 0 Å². The highest BCUT2D eigenvalue weighted by molar-refractivity contribution is 7.20. The molecule has 0 aliphatic rings. The van der Waals surface area contributed by atoms with Gasteiger partial charge in [0, 0.05) is 28.7 Å². The molecule has 0 aliphatic heterocycles. The fourth-order valence-corrected chi connectivity index (χ4v) is 3.48. The molecule has 0 spiro atoms. The number of benzene rings is 2. The second-order valence-corrected chi connectivity index (χ2v) is 6.93. The van der Waals surface area contributed by atoms with Gasteiger partial charge in [-0.15, -0.1) is 11.3 Å². The van der Waals surface area contributed by atoms with Gasteiger partial charge in [-0.1, -0.05) is 6.07 Å². The predicted molar refractivity (Wildman–Crippen MR) is 97.9 cm³/mol. The predicted octanol–water partition coefficient (Wildman–Crippen LogP) is 4.22. The van der Waals surface area contributed by atoms with Gasteiger partial charge in [0.25, 0.3) is 11.8 Å². The van der Waals surface area contributed by atoms with Gasteiger partial charge in [-0.05, 0) is 42.5 Å². The highest BCUT2D eigenvalue weighted by Crippen LogP contribution is 2.29. The number of carbonyl (C=O) groups is 2. The molecule has 2 amide bonds. The maximum Gasteiger partial charge on any atom is 0.416 e. The number of fused-ring (bicyclic) bond motifs is 1. The smallest absolute Gasteiger partial charge is 0.350 e. The van der Waals surface area contributed by atoms with Gasteiger partial charge >= 0.3 is 6.18 Å². The van der Waals surface area contributed by atoms with Crippen LogP contribution < -0.4 is 10.6 Å². The molecule has 0 saturated heterocycles. The van der Waals surface area contributed by atoms with Crippen LogP contribution in [0.5, 0.6) is 0 Å². The van der Waals surface area contributed by atoms with Gasteiger partial charge in [0.1, 0.15) is 5.82 Å². The molecule has 0 fully saturated rings. The van der Waals surface area contributed by atoms with Crippen molar-refractivity contribution in [3.63, 3.8) is 0 Å². The van der Waals surface area contributed by atoms with E-state index in [2.05, 4.69) is 10.6 Å². The van der Waals surface area contributed by atoms with E-state index >= 15 is 0 Å². The number of rotatable bonds is 5. The first kappa shape index (κ1) is 19.8. The highest BCUT2D eigenvalue weighted by atomic mass is 32.1. The summed E-state index contributed by atoms with van der Waals surface area (Å²) in [6.45, 7) is 0.201. The summed E-state index contributed by atoms with van der Waals surface area (Å²) in [5.41, 5.74) is -0.754. The third-order valence-electron chi connectivity index (χ3n) is 3.90. The number of nitrogens with one attached hydrogen (secondary N) is 2. The number of halogens is 4. The zero-order valence-electron chi connectivity index (χ0n) is 14.3. The average molecular weight is 410 g/mol. The molecule has 146 valence electrons. The van der Waals surface area contributed by atoms with Crippen molar-refractivity contribution in [1.82, 2.24) is 10.6 Å². The summed E-state index contributed by atoms with van der Waals surface area (Å²) in [4.78, 5) is 24.4. The number of carbonyl (C=O) groups excluding carboxylic acids is 2. The molecule has 3 aromatic rings. The lowest BCUT2D eigenvalue weighted by Crippen LogP contribution is -2.34. The minimum atomic E-state index is -4.46. The quantitative estimate of drug-likeness (QED) is 0.489. The number of hydrogen-bond donors (Lipinski definition) is 2. The van der Waals surface area contributed by atoms with Crippen LogP contribution in [0.4, 0.5) is 17.6 Å². The Balaban J connectivity index is 1.50. The minimum Gasteiger partial charge on any atom is -0.350 e. The fourth-order valence-electron chi connectivity index (χ4n) is 2.49. The summed E-state index contributed by atoms with van der Waals surface area (Å²) < 4.78 is 51.9. The van der Waals surface area contributed by atoms with Gasteiger partial charge in [0.15, 0.2) is 0 Å². The molecule has 9 heteroatoms. The molecule has 0 atom stereocenters. The molecule has 0 radical (unpaired) electrons. The van der Waals surface area contributed by atoms with Crippen LogP contribution in [0.1, 0.15) is 25.6 Å². The van der Waals surface area contributed by atoms with Crippen LogP contribution in [-0.2, 0) is 6.18 Å². The molecular formula is C19H14F4N2O2S. The minimum absolute atomic E-state index is 0.0827. The van der Waals surface area contributed by atoms with Crippen LogP contribution >= 0.6 is 11.3 Å². The van der Waals surface area contributed by atoms with Gasteiger partial charge in [-0.3, -0.25) is 9.59 Å². The van der Waals surface area contributed by atoms with Crippen LogP contribution in [-0.4, -0.2) is 24.9 Å². The summed E-state index contributed by atoms with van der Waals surface area (Å²) in [6, 6.07) is 9.88. The second kappa shape index (κ2) is 7.97. The summed E-state index contributed by atoms with van der Waals surface area (Å²) in [7, 11) is 0. The maximum atomic E-state index is 13.7. The van der Waals surface area contributed by atoms with Crippen molar-refractivity contribution in [2.75, 3.05) is 13.1 Å². The zero-order valence-corrected chi connectivity index (χ0v) is 15.1. The van der Waals surface area contributed by atoms with Crippen molar-refractivity contribution >= 4 is 33.2 Å². The summed E-state index contributed by atoms with van der Waals surface area (Å²) in [6.07, 6.45) is -4.46. The van der Waals surface area contributed by atoms with E-state index < -0.39 is 29.4 Å². The van der Waals surface area contributed by atoms with E-state index in [0.29, 0.717) is 15.0 Å². The largest absolute Gasteiger partial charge is 0.416 e. The van der Waals surface area contributed by atoms with E-state index in [4.69, 9.17) is 0 Å². The lowest BCUT2D eigenvalue weighted by molar-refractivity contribution is -0.137. The molecule has 1 aromatic heterocycles. The van der Waals surface area contributed by atoms with E-state index in [-0.39, 0.29) is 18.7 Å². The Kier molecular flexibility index (Phi) is 5.64. The molecule has 2 N–H and O–H groups in total. The van der Waals surface area contributed by atoms with Crippen molar-refractivity contribution in [2.45, 2.75) is 6.18 Å². The SMILES string of the molecule is O=C(NCCNC(=O)c1cc2c(F)cccc2s1)c1ccc(C(F)(F)F)cc1. The van der Waals surface area contributed by atoms with Crippen molar-refractivity contribution in [1.29, 1.82) is 0 Å². The van der Waals surface area contributed by atoms with Gasteiger partial charge in [0.05, 0.1) is 10.4 Å². The number of hydrogen-bond acceptors (Lipinski definition) is 3. The number of thiophene rings is 1. The second-order valence-electron chi connectivity index (χ2n) is 5.85. The molecule has 0 bridgehead atoms. The summed E-state index contributed by atoms with van der Waals surface area (Å²) in [5.74, 6) is -1.35. The molecule has 0 saturated carbocycles. The molecule has 0 aliphatic carbocycles. The van der Waals surface area contributed by atoms with Gasteiger partial charge < -0.3 is 10.6 Å². The maximum absolute atomic E-state index is 13.7. The lowest BCUT2D eigenvalue weighted by Gasteiger charge is -2.09. The normalized spacial score (nSPS) is 11.4. The van der Waals surface area contributed by atoms with Gasteiger partial charge in [-0.2, -0.15) is 13.2 Å². The first-order chi connectivity index (χ1) is 13.3. The van der Waals surface area contributed by atoms with Crippen molar-refractivity contribution < 1.29 is 27.2 Å². The fraction of sp³-hybridized carbons (Fsp3) is 0.158. The lowest BCUT2D eigenvalue weighted by atomic mass is 10.1. The van der Waals surface area contributed by atoms with E-state index in [1.54, 1.807) is 12.1 Å². The summed E-state index contributed by atoms with van der Waals surface area (Å²) in [5, 5.41) is 5.48. The van der Waals surface area contributed by atoms with Crippen LogP contribution in [0.25, 0.3) is 10.1 Å². The molecule has 1 heterocycles. The van der Waals surface area contributed by atoms with Gasteiger partial charge in [0.2, 0.25) is 0 Å². The third-order valence-corrected chi connectivity index (χ3v) is 5.00. The van der Waals surface area contributed by atoms with Crippen LogP contribution in [0.15, 0.2) is 48.5 Å². The molecular weight excluding hydrogens is 396 g/mol. The average Bonchev–Trinajstić information content (AvgIpc) is 3.10. The topological polar surface area (TPSA) is 58.2 Å². The Morgan fingerprint density at radius 1 is 0.929 bits per heavy atom. The molecule has 2 aromatic carbocycles. The standard InChI is InChI=1S/C19H14F4N2O2S/c20-14-2-1-3-15-13(14)10-16(28-15)18(27)25-9-8-24-17(26)11-4-6-12(7-5-11)19(21,22)23/h1-7,10H,8-9H2,(H,24,26)(H,25,27). The van der Waals surface area contributed by atoms with Crippen molar-refractivity contribution in [3.05, 3.63) is 70.4 Å². The Bertz CT molecular complexity index is 1010. The van der Waals surface area contributed by atoms with Crippen LogP contribution in [0, 0.1) is 5.82 Å². The van der Waals surface area contributed by atoms with E-state index in [1.807, 2.05) is 0 Å². The monoisotopic (exact) mass is 410 g/mol. The Labute approximate surface area is 161 Å². The third kappa shape index (κ3) is 4.48. The molecule has 0 unspecified atom stereocenters. The molecule has 3 rings (SSSR count). The summed E-state index contributed by atoms with van der Waals surface area (Å²) >= 11 is 1.15. The Morgan fingerprint density at radius 3 is 2.18 bits per heavy atom. The Hall–Kier alpha value is -2.94. The number of amides is 2. The van der Waals surface area contributed by atoms with Crippen LogP contribution in [0.2, 0.25) is 0 Å².